The van der Waals surface area contributed by atoms with Crippen molar-refractivity contribution in [3.8, 4) is 17.2 Å². The predicted octanol–water partition coefficient (Wildman–Crippen LogP) is 8.02. The molecule has 0 aliphatic carbocycles. The first kappa shape index (κ1) is 22.7. The zero-order chi connectivity index (χ0) is 21.6. The van der Waals surface area contributed by atoms with E-state index in [2.05, 4.69) is 6.92 Å². The van der Waals surface area contributed by atoms with Crippen molar-refractivity contribution in [1.29, 1.82) is 0 Å². The lowest BCUT2D eigenvalue weighted by molar-refractivity contribution is -0.257. The minimum atomic E-state index is -1.24. The summed E-state index contributed by atoms with van der Waals surface area (Å²) in [5, 5.41) is 0. The van der Waals surface area contributed by atoms with Gasteiger partial charge >= 0.3 is 5.97 Å². The number of benzene rings is 3. The average molecular weight is 419 g/mol. The molecule has 0 aliphatic rings. The third-order valence-corrected chi connectivity index (χ3v) is 5.14. The summed E-state index contributed by atoms with van der Waals surface area (Å²) in [6, 6.07) is 29.3. The predicted molar refractivity (Wildman–Crippen MR) is 127 cm³/mol. The van der Waals surface area contributed by atoms with Crippen LogP contribution >= 0.6 is 0 Å². The molecule has 3 nitrogen and oxygen atoms in total. The molecular formula is C28H34O3. The molecule has 3 aromatic rings. The molecule has 164 valence electrons. The Hall–Kier alpha value is -2.94. The molecule has 0 amide bonds. The van der Waals surface area contributed by atoms with E-state index in [9.17, 15) is 0 Å². The maximum atomic E-state index is 6.41. The van der Waals surface area contributed by atoms with Crippen LogP contribution in [0.3, 0.4) is 0 Å². The molecule has 0 spiro atoms. The van der Waals surface area contributed by atoms with Crippen molar-refractivity contribution in [2.75, 3.05) is 0 Å². The molecule has 3 heteroatoms. The summed E-state index contributed by atoms with van der Waals surface area (Å²) < 4.78 is 19.2. The fourth-order valence-electron chi connectivity index (χ4n) is 3.52. The van der Waals surface area contributed by atoms with Crippen molar-refractivity contribution in [3.63, 3.8) is 0 Å². The van der Waals surface area contributed by atoms with Gasteiger partial charge in [-0.3, -0.25) is 0 Å². The van der Waals surface area contributed by atoms with Gasteiger partial charge in [0.1, 0.15) is 17.2 Å². The van der Waals surface area contributed by atoms with E-state index in [-0.39, 0.29) is 0 Å². The van der Waals surface area contributed by atoms with E-state index in [1.165, 1.54) is 32.1 Å². The van der Waals surface area contributed by atoms with Crippen molar-refractivity contribution in [2.24, 2.45) is 0 Å². The first-order chi connectivity index (χ1) is 15.3. The summed E-state index contributed by atoms with van der Waals surface area (Å²) in [7, 11) is 0. The summed E-state index contributed by atoms with van der Waals surface area (Å²) >= 11 is 0. The molecule has 0 bridgehead atoms. The van der Waals surface area contributed by atoms with Gasteiger partial charge in [0.15, 0.2) is 0 Å². The van der Waals surface area contributed by atoms with Crippen LogP contribution in [-0.4, -0.2) is 5.97 Å². The molecule has 3 aromatic carbocycles. The molecule has 3 rings (SSSR count). The summed E-state index contributed by atoms with van der Waals surface area (Å²) in [5.74, 6) is 0.917. The maximum absolute atomic E-state index is 6.41. The molecule has 0 aromatic heterocycles. The summed E-state index contributed by atoms with van der Waals surface area (Å²) in [6.45, 7) is 2.25. The van der Waals surface area contributed by atoms with Crippen molar-refractivity contribution in [1.82, 2.24) is 0 Å². The van der Waals surface area contributed by atoms with Gasteiger partial charge in [0.2, 0.25) is 0 Å². The largest absolute Gasteiger partial charge is 0.421 e. The average Bonchev–Trinajstić information content (AvgIpc) is 2.80. The molecule has 0 atom stereocenters. The molecule has 0 saturated carbocycles. The molecule has 0 fully saturated rings. The number of para-hydroxylation sites is 3. The van der Waals surface area contributed by atoms with E-state index in [1.54, 1.807) is 0 Å². The van der Waals surface area contributed by atoms with Crippen LogP contribution in [0, 0.1) is 0 Å². The molecule has 0 unspecified atom stereocenters. The van der Waals surface area contributed by atoms with Crippen molar-refractivity contribution in [3.05, 3.63) is 91.0 Å². The zero-order valence-electron chi connectivity index (χ0n) is 18.5. The lowest BCUT2D eigenvalue weighted by Crippen LogP contribution is -2.48. The SMILES string of the molecule is CCCCCCCCCC(Oc1ccccc1)(Oc1ccccc1)Oc1ccccc1. The Labute approximate surface area is 187 Å². The van der Waals surface area contributed by atoms with Gasteiger partial charge in [-0.1, -0.05) is 100 Å². The van der Waals surface area contributed by atoms with Crippen LogP contribution in [0.5, 0.6) is 17.2 Å². The van der Waals surface area contributed by atoms with Gasteiger partial charge in [-0.2, -0.15) is 0 Å². The molecular weight excluding hydrogens is 384 g/mol. The number of rotatable bonds is 14. The Morgan fingerprint density at radius 3 is 1.23 bits per heavy atom. The highest BCUT2D eigenvalue weighted by molar-refractivity contribution is 5.26. The second kappa shape index (κ2) is 12.7. The smallest absolute Gasteiger partial charge is 0.417 e. The van der Waals surface area contributed by atoms with E-state index in [4.69, 9.17) is 14.2 Å². The Bertz CT molecular complexity index is 732. The Kier molecular flexibility index (Phi) is 9.31. The van der Waals surface area contributed by atoms with Gasteiger partial charge in [0.25, 0.3) is 0 Å². The topological polar surface area (TPSA) is 27.7 Å². The van der Waals surface area contributed by atoms with Gasteiger partial charge in [-0.05, 0) is 42.8 Å². The van der Waals surface area contributed by atoms with Crippen molar-refractivity contribution < 1.29 is 14.2 Å². The van der Waals surface area contributed by atoms with E-state index in [0.717, 1.165) is 30.1 Å². The summed E-state index contributed by atoms with van der Waals surface area (Å²) in [4.78, 5) is 0. The minimum absolute atomic E-state index is 0.624. The lowest BCUT2D eigenvalue weighted by atomic mass is 10.1. The van der Waals surface area contributed by atoms with Gasteiger partial charge in [0, 0.05) is 0 Å². The van der Waals surface area contributed by atoms with Crippen molar-refractivity contribution in [2.45, 2.75) is 64.3 Å². The van der Waals surface area contributed by atoms with Gasteiger partial charge in [-0.15, -0.1) is 0 Å². The highest BCUT2D eigenvalue weighted by atomic mass is 16.9. The van der Waals surface area contributed by atoms with Crippen LogP contribution in [0.1, 0.15) is 58.3 Å². The Morgan fingerprint density at radius 1 is 0.484 bits per heavy atom. The molecule has 0 aliphatic heterocycles. The second-order valence-corrected chi connectivity index (χ2v) is 7.80. The quantitative estimate of drug-likeness (QED) is 0.196. The van der Waals surface area contributed by atoms with Crippen molar-refractivity contribution >= 4 is 0 Å². The molecule has 0 saturated heterocycles. The third-order valence-electron chi connectivity index (χ3n) is 5.14. The van der Waals surface area contributed by atoms with Gasteiger partial charge < -0.3 is 14.2 Å². The van der Waals surface area contributed by atoms with Gasteiger partial charge in [0.05, 0.1) is 6.42 Å². The third kappa shape index (κ3) is 8.01. The van der Waals surface area contributed by atoms with Crippen LogP contribution in [-0.2, 0) is 0 Å². The van der Waals surface area contributed by atoms with Crippen LogP contribution in [0.25, 0.3) is 0 Å². The van der Waals surface area contributed by atoms with Crippen LogP contribution in [0.4, 0.5) is 0 Å². The summed E-state index contributed by atoms with van der Waals surface area (Å²) in [5.41, 5.74) is 0. The highest BCUT2D eigenvalue weighted by Crippen LogP contribution is 2.31. The van der Waals surface area contributed by atoms with E-state index < -0.39 is 5.97 Å². The van der Waals surface area contributed by atoms with Gasteiger partial charge in [-0.25, -0.2) is 0 Å². The fourth-order valence-corrected chi connectivity index (χ4v) is 3.52. The number of ether oxygens (including phenoxy) is 3. The number of unbranched alkanes of at least 4 members (excludes halogenated alkanes) is 6. The fraction of sp³-hybridized carbons (Fsp3) is 0.357. The van der Waals surface area contributed by atoms with E-state index in [1.807, 2.05) is 91.0 Å². The van der Waals surface area contributed by atoms with Crippen LogP contribution in [0.2, 0.25) is 0 Å². The number of hydrogen-bond acceptors (Lipinski definition) is 3. The maximum Gasteiger partial charge on any atom is 0.417 e. The first-order valence-electron chi connectivity index (χ1n) is 11.5. The second-order valence-electron chi connectivity index (χ2n) is 7.80. The standard InChI is InChI=1S/C28H34O3/c1-2-3-4-5-6-7-17-24-28(29-25-18-11-8-12-19-25,30-26-20-13-9-14-21-26)31-27-22-15-10-16-23-27/h8-16,18-23H,2-7,17,24H2,1H3. The van der Waals surface area contributed by atoms with E-state index >= 15 is 0 Å². The molecule has 31 heavy (non-hydrogen) atoms. The molecule has 0 radical (unpaired) electrons. The zero-order valence-corrected chi connectivity index (χ0v) is 18.5. The molecule has 0 N–H and O–H groups in total. The summed E-state index contributed by atoms with van der Waals surface area (Å²) in [6.07, 6.45) is 9.10. The van der Waals surface area contributed by atoms with Crippen LogP contribution < -0.4 is 14.2 Å². The first-order valence-corrected chi connectivity index (χ1v) is 11.5. The normalized spacial score (nSPS) is 11.1. The Morgan fingerprint density at radius 2 is 0.839 bits per heavy atom. The monoisotopic (exact) mass is 418 g/mol. The highest BCUT2D eigenvalue weighted by Gasteiger charge is 2.38. The molecule has 0 heterocycles. The number of hydrogen-bond donors (Lipinski definition) is 0. The lowest BCUT2D eigenvalue weighted by Gasteiger charge is -2.34. The Balaban J connectivity index is 1.78. The minimum Gasteiger partial charge on any atom is -0.421 e. The van der Waals surface area contributed by atoms with E-state index in [0.29, 0.717) is 6.42 Å². The van der Waals surface area contributed by atoms with Crippen LogP contribution in [0.15, 0.2) is 91.0 Å².